The van der Waals surface area contributed by atoms with Crippen LogP contribution < -0.4 is 21.4 Å². The summed E-state index contributed by atoms with van der Waals surface area (Å²) in [6, 6.07) is 13.1. The number of carbonyl (C=O) groups excluding carboxylic acids is 4. The third-order valence-electron chi connectivity index (χ3n) is 9.36. The summed E-state index contributed by atoms with van der Waals surface area (Å²) in [5.74, 6) is -2.69. The number of aliphatic hydroxyl groups is 1. The smallest absolute Gasteiger partial charge is 0.407 e. The fraction of sp³-hybridized carbons (Fsp3) is 0.562. The normalized spacial score (nSPS) is 16.8. The van der Waals surface area contributed by atoms with E-state index in [1.807, 2.05) is 5.32 Å². The Labute approximate surface area is 405 Å². The number of nitrogens with one attached hydrogen (secondary N) is 4. The van der Waals surface area contributed by atoms with Crippen LogP contribution in [0.5, 0.6) is 0 Å². The van der Waals surface area contributed by atoms with Crippen molar-refractivity contribution < 1.29 is 72.5 Å². The number of methoxy groups -OCH3 is 2. The highest BCUT2D eigenvalue weighted by Crippen LogP contribution is 2.23. The first kappa shape index (κ1) is 39.9. The maximum Gasteiger partial charge on any atom is 0.407 e. The lowest BCUT2D eigenvalue weighted by atomic mass is 9.85. The van der Waals surface area contributed by atoms with Gasteiger partial charge in [0.1, 0.15) is 18.7 Å². The molecule has 18 nitrogen and oxygen atoms in total. The molecule has 0 saturated carbocycles. The molecule has 0 saturated heterocycles. The zero-order valence-electron chi connectivity index (χ0n) is 49.1. The van der Waals surface area contributed by atoms with Crippen molar-refractivity contribution in [3.8, 4) is 11.3 Å². The third-order valence-corrected chi connectivity index (χ3v) is 9.36. The van der Waals surface area contributed by atoms with Gasteiger partial charge in [-0.1, -0.05) is 102 Å². The summed E-state index contributed by atoms with van der Waals surface area (Å²) in [4.78, 5) is 59.3. The van der Waals surface area contributed by atoms with Gasteiger partial charge in [-0.25, -0.2) is 14.6 Å². The predicted molar refractivity (Wildman–Crippen MR) is 248 cm³/mol. The minimum absolute atomic E-state index is 0.0345. The minimum Gasteiger partial charge on any atom is -0.453 e. The van der Waals surface area contributed by atoms with Crippen molar-refractivity contribution >= 4 is 24.0 Å². The molecule has 0 aliphatic rings. The highest BCUT2D eigenvalue weighted by Gasteiger charge is 2.37. The molecule has 0 bridgehead atoms. The van der Waals surface area contributed by atoms with Gasteiger partial charge < -0.3 is 54.2 Å². The Morgan fingerprint density at radius 2 is 1.24 bits per heavy atom. The lowest BCUT2D eigenvalue weighted by Gasteiger charge is -2.35. The van der Waals surface area contributed by atoms with Gasteiger partial charge in [-0.05, 0) is 40.5 Å². The van der Waals surface area contributed by atoms with Gasteiger partial charge in [0.2, 0.25) is 5.91 Å². The lowest BCUT2D eigenvalue weighted by Crippen LogP contribution is -2.61. The number of hydrazine groups is 1. The molecule has 3 aromatic rings. The third kappa shape index (κ3) is 21.4. The van der Waals surface area contributed by atoms with Crippen molar-refractivity contribution in [2.24, 2.45) is 10.8 Å². The zero-order valence-corrected chi connectivity index (χ0v) is 38.1. The lowest BCUT2D eigenvalue weighted by molar-refractivity contribution is -0.132. The Hall–Kier alpha value is -5.21. The first-order valence-corrected chi connectivity index (χ1v) is 21.2. The molecule has 5 N–H and O–H groups in total. The number of nitrogens with zero attached hydrogens (tertiary/aromatic N) is 2. The molecule has 4 amide bonds. The Kier molecular flexibility index (Phi) is 17.8. The van der Waals surface area contributed by atoms with E-state index in [0.717, 1.165) is 7.11 Å². The number of rotatable bonds is 29. The van der Waals surface area contributed by atoms with E-state index in [4.69, 9.17) is 40.8 Å². The van der Waals surface area contributed by atoms with Gasteiger partial charge in [0, 0.05) is 44.2 Å². The fourth-order valence-corrected chi connectivity index (χ4v) is 5.93. The standard InChI is InChI=1S/C48H72N6O12/c1-47(2,3)41(51-45(58)61-8)43(56)50-39(32-35-14-10-9-11-15-35)40(55)34-54(33-36-17-19-37(20-18-36)38-16-12-13-21-49-38)53-44(57)42(48(4,5)6)52-46(59)66-31-30-65-29-28-64-27-26-63-25-24-62-23-22-60-7/h9-21,39-42,55H,22-34H2,1-8H3,(H,50,56)(H,51,58)(H,52,59)(H,53,57)/t39-,40-,41+,42+/m0/s1/i1D3,2D3,3D3,33D2. The fourth-order valence-electron chi connectivity index (χ4n) is 5.93. The molecule has 2 aromatic carbocycles. The first-order chi connectivity index (χ1) is 36.0. The quantitative estimate of drug-likeness (QED) is 0.0485. The number of hydrogen-bond donors (Lipinski definition) is 5. The van der Waals surface area contributed by atoms with E-state index in [2.05, 4.69) is 25.8 Å². The molecule has 1 heterocycles. The van der Waals surface area contributed by atoms with Crippen LogP contribution >= 0.6 is 0 Å². The number of alkyl carbamates (subject to hydrolysis) is 2. The monoisotopic (exact) mass is 936 g/mol. The molecule has 0 aliphatic carbocycles. The van der Waals surface area contributed by atoms with Crippen molar-refractivity contribution in [1.29, 1.82) is 0 Å². The van der Waals surface area contributed by atoms with Gasteiger partial charge >= 0.3 is 12.2 Å². The van der Waals surface area contributed by atoms with Gasteiger partial charge in [-0.3, -0.25) is 20.0 Å². The minimum atomic E-state index is -4.01. The molecule has 366 valence electrons. The Balaban J connectivity index is 1.96. The summed E-state index contributed by atoms with van der Waals surface area (Å²) in [6.07, 6.45) is -3.41. The molecule has 4 atom stereocenters. The van der Waals surface area contributed by atoms with E-state index in [1.165, 1.54) is 12.1 Å². The Morgan fingerprint density at radius 3 is 1.79 bits per heavy atom. The number of aliphatic hydroxyl groups excluding tert-OH is 1. The van der Waals surface area contributed by atoms with E-state index in [0.29, 0.717) is 61.5 Å². The van der Waals surface area contributed by atoms with Crippen molar-refractivity contribution in [3.63, 3.8) is 0 Å². The zero-order chi connectivity index (χ0) is 57.7. The van der Waals surface area contributed by atoms with Crippen molar-refractivity contribution in [1.82, 2.24) is 31.4 Å². The Morgan fingerprint density at radius 1 is 0.682 bits per heavy atom. The largest absolute Gasteiger partial charge is 0.453 e. The summed E-state index contributed by atoms with van der Waals surface area (Å²) in [7, 11) is 2.39. The highest BCUT2D eigenvalue weighted by atomic mass is 16.6. The summed E-state index contributed by atoms with van der Waals surface area (Å²) in [6.45, 7) is -8.32. The second-order valence-electron chi connectivity index (χ2n) is 15.8. The summed E-state index contributed by atoms with van der Waals surface area (Å²) in [5, 5.41) is 19.6. The Bertz CT molecular complexity index is 2230. The number of carbonyl (C=O) groups is 4. The van der Waals surface area contributed by atoms with E-state index in [1.54, 1.807) is 94.7 Å². The maximum atomic E-state index is 14.6. The van der Waals surface area contributed by atoms with Crippen molar-refractivity contribution in [3.05, 3.63) is 90.1 Å². The molecule has 1 aromatic heterocycles. The van der Waals surface area contributed by atoms with Gasteiger partial charge in [0.15, 0.2) is 0 Å². The van der Waals surface area contributed by atoms with Crippen LogP contribution in [-0.2, 0) is 55.7 Å². The van der Waals surface area contributed by atoms with Crippen LogP contribution in [0.4, 0.5) is 9.59 Å². The predicted octanol–water partition coefficient (Wildman–Crippen LogP) is 4.29. The molecule has 0 radical (unpaired) electrons. The number of pyridine rings is 1. The molecular weight excluding hydrogens is 853 g/mol. The van der Waals surface area contributed by atoms with Crippen molar-refractivity contribution in [2.75, 3.05) is 86.8 Å². The van der Waals surface area contributed by atoms with E-state index < -0.39 is 92.7 Å². The average Bonchev–Trinajstić information content (AvgIpc) is 3.36. The molecule has 0 spiro atoms. The second kappa shape index (κ2) is 29.4. The molecule has 0 unspecified atom stereocenters. The van der Waals surface area contributed by atoms with Gasteiger partial charge in [-0.15, -0.1) is 0 Å². The number of hydrogen-bond acceptors (Lipinski definition) is 14. The number of aromatic nitrogens is 1. The molecule has 0 fully saturated rings. The molecule has 18 heteroatoms. The second-order valence-corrected chi connectivity index (χ2v) is 15.8. The van der Waals surface area contributed by atoms with E-state index in [-0.39, 0.29) is 38.4 Å². The first-order valence-electron chi connectivity index (χ1n) is 26.7. The molecule has 66 heavy (non-hydrogen) atoms. The van der Waals surface area contributed by atoms with Gasteiger partial charge in [0.25, 0.3) is 5.91 Å². The van der Waals surface area contributed by atoms with Crippen LogP contribution in [0.25, 0.3) is 11.3 Å². The van der Waals surface area contributed by atoms with Gasteiger partial charge in [-0.2, -0.15) is 0 Å². The number of amides is 4. The highest BCUT2D eigenvalue weighted by molar-refractivity contribution is 5.87. The van der Waals surface area contributed by atoms with Crippen molar-refractivity contribution in [2.45, 2.75) is 78.5 Å². The summed E-state index contributed by atoms with van der Waals surface area (Å²) >= 11 is 0. The summed E-state index contributed by atoms with van der Waals surface area (Å²) < 4.78 is 130. The van der Waals surface area contributed by atoms with Crippen LogP contribution in [0.15, 0.2) is 79.0 Å². The molecule has 3 rings (SSSR count). The average molecular weight is 936 g/mol. The topological polar surface area (TPSA) is 217 Å². The summed E-state index contributed by atoms with van der Waals surface area (Å²) in [5.41, 5.74) is -1.12. The number of benzene rings is 2. The van der Waals surface area contributed by atoms with E-state index in [9.17, 15) is 27.0 Å². The molecular formula is C48H72N6O12. The van der Waals surface area contributed by atoms with Crippen LogP contribution in [-0.4, -0.2) is 150 Å². The van der Waals surface area contributed by atoms with Crippen LogP contribution in [0, 0.1) is 10.8 Å². The maximum absolute atomic E-state index is 14.6. The van der Waals surface area contributed by atoms with E-state index >= 15 is 0 Å². The van der Waals surface area contributed by atoms with Gasteiger partial charge in [0.05, 0.1) is 87.2 Å². The SMILES string of the molecule is [2H]C([2H])(c1ccc(-c2ccccn2)cc1)N(C[C@H](O)[C@H](Cc1ccccc1)NC(=O)[C@@H](NC(=O)OC)C(C([2H])([2H])[2H])(C([2H])([2H])[2H])C([2H])([2H])[2H])NC(=O)[C@@H](NC(=O)OCCOCCOCCOCCOCCOC)C(C)(C)C. The van der Waals surface area contributed by atoms with Crippen LogP contribution in [0.3, 0.4) is 0 Å². The van der Waals surface area contributed by atoms with Crippen LogP contribution in [0.2, 0.25) is 0 Å². The molecule has 0 aliphatic heterocycles. The number of ether oxygens (including phenoxy) is 7. The van der Waals surface area contributed by atoms with Crippen LogP contribution in [0.1, 0.15) is 67.5 Å².